The van der Waals surface area contributed by atoms with Crippen molar-refractivity contribution in [3.8, 4) is 45.5 Å². The predicted octanol–water partition coefficient (Wildman–Crippen LogP) is 13.5. The van der Waals surface area contributed by atoms with Crippen LogP contribution in [0.4, 0.5) is 0 Å². The molecule has 6 nitrogen and oxygen atoms in total. The van der Waals surface area contributed by atoms with E-state index in [1.165, 1.54) is 32.3 Å². The second kappa shape index (κ2) is 13.3. The predicted molar refractivity (Wildman–Crippen MR) is 247 cm³/mol. The van der Waals surface area contributed by atoms with E-state index in [-0.39, 0.29) is 0 Å². The zero-order valence-electron chi connectivity index (χ0n) is 32.9. The molecule has 0 spiro atoms. The van der Waals surface area contributed by atoms with Crippen molar-refractivity contribution in [3.63, 3.8) is 0 Å². The molecular weight excluding hydrogens is 737 g/mol. The van der Waals surface area contributed by atoms with Crippen molar-refractivity contribution in [2.75, 3.05) is 14.2 Å². The molecule has 0 aliphatic carbocycles. The molecule has 0 amide bonds. The number of pyridine rings is 1. The highest BCUT2D eigenvalue weighted by atomic mass is 16.5. The third kappa shape index (κ3) is 5.07. The number of imidazole rings is 1. The number of ether oxygens (including phenoxy) is 2. The molecule has 60 heavy (non-hydrogen) atoms. The van der Waals surface area contributed by atoms with Gasteiger partial charge >= 0.3 is 0 Å². The molecule has 12 aromatic rings. The van der Waals surface area contributed by atoms with Gasteiger partial charge in [-0.15, -0.1) is 0 Å². The van der Waals surface area contributed by atoms with Gasteiger partial charge < -0.3 is 14.0 Å². The summed E-state index contributed by atoms with van der Waals surface area (Å²) in [6.45, 7) is 0. The van der Waals surface area contributed by atoms with E-state index < -0.39 is 0 Å². The molecule has 0 saturated carbocycles. The van der Waals surface area contributed by atoms with Crippen molar-refractivity contribution in [2.45, 2.75) is 0 Å². The van der Waals surface area contributed by atoms with Crippen LogP contribution in [0.25, 0.3) is 110 Å². The number of rotatable bonds is 6. The van der Waals surface area contributed by atoms with Crippen LogP contribution in [0, 0.1) is 0 Å². The van der Waals surface area contributed by atoms with Gasteiger partial charge in [-0.1, -0.05) is 97.1 Å². The van der Waals surface area contributed by atoms with Crippen molar-refractivity contribution in [1.29, 1.82) is 0 Å². The minimum atomic E-state index is 0.812. The first-order valence-electron chi connectivity index (χ1n) is 20.1. The van der Waals surface area contributed by atoms with Gasteiger partial charge in [-0.2, -0.15) is 0 Å². The first kappa shape index (κ1) is 34.1. The Morgan fingerprint density at radius 2 is 0.967 bits per heavy atom. The summed E-state index contributed by atoms with van der Waals surface area (Å²) < 4.78 is 15.9. The molecular formula is C54H36N4O2. The van der Waals surface area contributed by atoms with E-state index in [9.17, 15) is 0 Å². The second-order valence-electron chi connectivity index (χ2n) is 15.3. The Morgan fingerprint density at radius 1 is 0.433 bits per heavy atom. The zero-order chi connectivity index (χ0) is 39.9. The monoisotopic (exact) mass is 772 g/mol. The first-order chi connectivity index (χ1) is 29.7. The Hall–Kier alpha value is -7.96. The van der Waals surface area contributed by atoms with E-state index in [4.69, 9.17) is 19.4 Å². The molecule has 3 aromatic heterocycles. The summed E-state index contributed by atoms with van der Waals surface area (Å²) in [5.41, 5.74) is 9.23. The Morgan fingerprint density at radius 3 is 1.55 bits per heavy atom. The van der Waals surface area contributed by atoms with Crippen LogP contribution in [0.5, 0.6) is 11.5 Å². The Labute approximate surface area is 345 Å². The number of hydrogen-bond donors (Lipinski definition) is 0. The van der Waals surface area contributed by atoms with Gasteiger partial charge in [-0.25, -0.2) is 4.98 Å². The summed E-state index contributed by atoms with van der Waals surface area (Å²) in [5, 5.41) is 11.6. The molecule has 0 fully saturated rings. The fraction of sp³-hybridized carbons (Fsp3) is 0.0370. The molecule has 3 heterocycles. The molecule has 0 N–H and O–H groups in total. The van der Waals surface area contributed by atoms with Gasteiger partial charge in [0.1, 0.15) is 17.3 Å². The fourth-order valence-electron chi connectivity index (χ4n) is 9.38. The van der Waals surface area contributed by atoms with Crippen LogP contribution in [0.15, 0.2) is 182 Å². The van der Waals surface area contributed by atoms with E-state index >= 15 is 0 Å². The van der Waals surface area contributed by atoms with E-state index in [1.54, 1.807) is 14.2 Å². The summed E-state index contributed by atoms with van der Waals surface area (Å²) in [6, 6.07) is 62.3. The van der Waals surface area contributed by atoms with Crippen LogP contribution in [0.1, 0.15) is 0 Å². The minimum absolute atomic E-state index is 0.812. The molecule has 284 valence electrons. The van der Waals surface area contributed by atoms with Crippen LogP contribution < -0.4 is 9.47 Å². The van der Waals surface area contributed by atoms with Gasteiger partial charge in [0.2, 0.25) is 0 Å². The van der Waals surface area contributed by atoms with Gasteiger partial charge in [0, 0.05) is 38.4 Å². The normalized spacial score (nSPS) is 11.8. The summed E-state index contributed by atoms with van der Waals surface area (Å²) >= 11 is 0. The maximum atomic E-state index is 5.64. The van der Waals surface area contributed by atoms with Gasteiger partial charge in [0.05, 0.1) is 53.9 Å². The molecule has 0 atom stereocenters. The van der Waals surface area contributed by atoms with Gasteiger partial charge in [-0.3, -0.25) is 9.55 Å². The number of aromatic nitrogens is 4. The number of hydrogen-bond acceptors (Lipinski definition) is 4. The lowest BCUT2D eigenvalue weighted by atomic mass is 9.94. The highest BCUT2D eigenvalue weighted by Crippen LogP contribution is 2.42. The lowest BCUT2D eigenvalue weighted by Crippen LogP contribution is -2.00. The summed E-state index contributed by atoms with van der Waals surface area (Å²) in [5.74, 6) is 2.47. The molecule has 0 aliphatic rings. The first-order valence-corrected chi connectivity index (χ1v) is 20.1. The Bertz CT molecular complexity index is 3560. The minimum Gasteiger partial charge on any atom is -0.497 e. The standard InChI is InChI=1S/C54H36N4O2/c1-59-38-24-27-49-46(30-38)47-31-39(60-2)25-28-50(47)57(49)36-21-19-33(20-22-36)54-56-52-44-17-9-7-15-42(44)43-16-8-10-18-45(43)53(52)58(54)37-23-26-48(55-32-37)51-40-13-5-3-11-34(40)29-35-12-4-6-14-41(35)51/h3-32H,1-2H3. The van der Waals surface area contributed by atoms with Crippen molar-refractivity contribution in [3.05, 3.63) is 182 Å². The summed E-state index contributed by atoms with van der Waals surface area (Å²) in [4.78, 5) is 10.8. The van der Waals surface area contributed by atoms with E-state index in [0.29, 0.717) is 0 Å². The fourth-order valence-corrected chi connectivity index (χ4v) is 9.38. The number of nitrogens with zero attached hydrogens (tertiary/aromatic N) is 4. The topological polar surface area (TPSA) is 54.1 Å². The van der Waals surface area contributed by atoms with Crippen LogP contribution in [-0.2, 0) is 0 Å². The quantitative estimate of drug-likeness (QED) is 0.125. The van der Waals surface area contributed by atoms with Crippen molar-refractivity contribution in [2.24, 2.45) is 0 Å². The SMILES string of the molecule is COc1ccc2c(c1)c1cc(OC)ccc1n2-c1ccc(-c2nc3c4ccccc4c4ccccc4c3n2-c2ccc(-c3c4ccccc4cc4ccccc34)nc2)cc1. The highest BCUT2D eigenvalue weighted by molar-refractivity contribution is 6.24. The molecule has 12 rings (SSSR count). The number of benzene rings is 9. The molecule has 0 bridgehead atoms. The zero-order valence-corrected chi connectivity index (χ0v) is 32.9. The van der Waals surface area contributed by atoms with Crippen LogP contribution >= 0.6 is 0 Å². The maximum absolute atomic E-state index is 5.64. The maximum Gasteiger partial charge on any atom is 0.145 e. The largest absolute Gasteiger partial charge is 0.497 e. The Balaban J connectivity index is 1.08. The molecule has 0 saturated heterocycles. The van der Waals surface area contributed by atoms with Crippen molar-refractivity contribution in [1.82, 2.24) is 19.1 Å². The molecule has 0 unspecified atom stereocenters. The number of methoxy groups -OCH3 is 2. The smallest absolute Gasteiger partial charge is 0.145 e. The third-order valence-corrected chi connectivity index (χ3v) is 12.1. The Kier molecular flexibility index (Phi) is 7.56. The van der Waals surface area contributed by atoms with Crippen LogP contribution in [0.3, 0.4) is 0 Å². The van der Waals surface area contributed by atoms with Crippen LogP contribution in [-0.4, -0.2) is 33.3 Å². The van der Waals surface area contributed by atoms with Gasteiger partial charge in [-0.05, 0) is 111 Å². The van der Waals surface area contributed by atoms with E-state index in [2.05, 4.69) is 173 Å². The van der Waals surface area contributed by atoms with E-state index in [1.807, 2.05) is 18.3 Å². The van der Waals surface area contributed by atoms with Gasteiger partial charge in [0.25, 0.3) is 0 Å². The molecule has 6 heteroatoms. The van der Waals surface area contributed by atoms with E-state index in [0.717, 1.165) is 89.1 Å². The second-order valence-corrected chi connectivity index (χ2v) is 15.3. The summed E-state index contributed by atoms with van der Waals surface area (Å²) in [7, 11) is 3.41. The summed E-state index contributed by atoms with van der Waals surface area (Å²) in [6.07, 6.45) is 2.01. The average Bonchev–Trinajstić information content (AvgIpc) is 3.87. The van der Waals surface area contributed by atoms with Crippen molar-refractivity contribution >= 4 is 75.9 Å². The molecule has 0 aliphatic heterocycles. The lowest BCUT2D eigenvalue weighted by Gasteiger charge is -2.15. The average molecular weight is 773 g/mol. The highest BCUT2D eigenvalue weighted by Gasteiger charge is 2.22. The third-order valence-electron chi connectivity index (χ3n) is 12.1. The van der Waals surface area contributed by atoms with Crippen molar-refractivity contribution < 1.29 is 9.47 Å². The molecule has 0 radical (unpaired) electrons. The van der Waals surface area contributed by atoms with Gasteiger partial charge in [0.15, 0.2) is 0 Å². The molecule has 9 aromatic carbocycles. The van der Waals surface area contributed by atoms with Crippen LogP contribution in [0.2, 0.25) is 0 Å². The lowest BCUT2D eigenvalue weighted by molar-refractivity contribution is 0.415. The number of fused-ring (bicyclic) bond motifs is 11.